The van der Waals surface area contributed by atoms with Crippen LogP contribution in [0.5, 0.6) is 0 Å². The Labute approximate surface area is 122 Å². The van der Waals surface area contributed by atoms with Crippen molar-refractivity contribution in [3.8, 4) is 11.1 Å². The molecule has 0 radical (unpaired) electrons. The first-order valence-electron chi connectivity index (χ1n) is 6.78. The van der Waals surface area contributed by atoms with Crippen molar-refractivity contribution in [3.63, 3.8) is 0 Å². The Balaban J connectivity index is 1.90. The molecule has 1 N–H and O–H groups in total. The summed E-state index contributed by atoms with van der Waals surface area (Å²) in [5, 5.41) is 8.68. The Morgan fingerprint density at radius 1 is 1.00 bits per heavy atom. The predicted molar refractivity (Wildman–Crippen MR) is 77.3 cm³/mol. The molecule has 3 rings (SSSR count). The van der Waals surface area contributed by atoms with Gasteiger partial charge in [0.15, 0.2) is 5.78 Å². The number of aliphatic hydroxyl groups is 1. The lowest BCUT2D eigenvalue weighted by atomic mass is 10.0. The van der Waals surface area contributed by atoms with Gasteiger partial charge < -0.3 is 9.84 Å². The van der Waals surface area contributed by atoms with Crippen molar-refractivity contribution >= 4 is 11.8 Å². The fourth-order valence-corrected chi connectivity index (χ4v) is 2.47. The van der Waals surface area contributed by atoms with E-state index in [1.165, 1.54) is 0 Å². The standard InChI is InChI=1S/C17H14O4/c18-8-3-9-21-17(20)11-6-7-13-12-4-1-2-5-14(12)16(19)15(13)10-11/h1-2,4-7,10,18H,3,8-9H2. The summed E-state index contributed by atoms with van der Waals surface area (Å²) in [5.41, 5.74) is 3.30. The van der Waals surface area contributed by atoms with E-state index in [1.54, 1.807) is 24.3 Å². The minimum atomic E-state index is -0.477. The van der Waals surface area contributed by atoms with Gasteiger partial charge >= 0.3 is 5.97 Å². The lowest BCUT2D eigenvalue weighted by Crippen LogP contribution is -2.08. The molecule has 2 aromatic rings. The summed E-state index contributed by atoms with van der Waals surface area (Å²) >= 11 is 0. The van der Waals surface area contributed by atoms with E-state index in [4.69, 9.17) is 9.84 Å². The number of carbonyl (C=O) groups is 2. The van der Waals surface area contributed by atoms with Crippen LogP contribution in [0, 0.1) is 0 Å². The van der Waals surface area contributed by atoms with Crippen LogP contribution in [0.1, 0.15) is 32.7 Å². The van der Waals surface area contributed by atoms with Crippen LogP contribution < -0.4 is 0 Å². The third kappa shape index (κ3) is 2.34. The van der Waals surface area contributed by atoms with Crippen LogP contribution in [0.3, 0.4) is 0 Å². The average molecular weight is 282 g/mol. The summed E-state index contributed by atoms with van der Waals surface area (Å²) in [6.45, 7) is 0.145. The normalized spacial score (nSPS) is 12.0. The van der Waals surface area contributed by atoms with Crippen LogP contribution in [0.2, 0.25) is 0 Å². The number of hydrogen-bond acceptors (Lipinski definition) is 4. The number of ketones is 1. The molecule has 1 aliphatic rings. The Bertz CT molecular complexity index is 718. The van der Waals surface area contributed by atoms with E-state index in [0.29, 0.717) is 23.1 Å². The molecule has 4 nitrogen and oxygen atoms in total. The molecule has 0 amide bonds. The third-order valence-electron chi connectivity index (χ3n) is 3.50. The van der Waals surface area contributed by atoms with Gasteiger partial charge in [-0.1, -0.05) is 30.3 Å². The third-order valence-corrected chi connectivity index (χ3v) is 3.50. The van der Waals surface area contributed by atoms with Gasteiger partial charge in [0.1, 0.15) is 0 Å². The van der Waals surface area contributed by atoms with Gasteiger partial charge in [0.2, 0.25) is 0 Å². The minimum absolute atomic E-state index is 0.0226. The van der Waals surface area contributed by atoms with Gasteiger partial charge in [-0.15, -0.1) is 0 Å². The molecule has 0 aliphatic heterocycles. The number of hydrogen-bond donors (Lipinski definition) is 1. The number of fused-ring (bicyclic) bond motifs is 3. The Morgan fingerprint density at radius 2 is 1.71 bits per heavy atom. The average Bonchev–Trinajstić information content (AvgIpc) is 2.81. The monoisotopic (exact) mass is 282 g/mol. The Kier molecular flexibility index (Phi) is 3.54. The maximum atomic E-state index is 12.3. The summed E-state index contributed by atoms with van der Waals surface area (Å²) in [5.74, 6) is -0.541. The molecular weight excluding hydrogens is 268 g/mol. The second kappa shape index (κ2) is 5.50. The first-order chi connectivity index (χ1) is 10.2. The van der Waals surface area contributed by atoms with Crippen LogP contribution in [0.15, 0.2) is 42.5 Å². The molecule has 0 bridgehead atoms. The highest BCUT2D eigenvalue weighted by atomic mass is 16.5. The second-order valence-electron chi connectivity index (χ2n) is 4.85. The zero-order valence-corrected chi connectivity index (χ0v) is 11.3. The largest absolute Gasteiger partial charge is 0.462 e. The SMILES string of the molecule is O=C(OCCCO)c1ccc2c(c1)C(=O)c1ccccc1-2. The fourth-order valence-electron chi connectivity index (χ4n) is 2.47. The van der Waals surface area contributed by atoms with Crippen LogP contribution >= 0.6 is 0 Å². The number of benzene rings is 2. The van der Waals surface area contributed by atoms with E-state index in [2.05, 4.69) is 0 Å². The second-order valence-corrected chi connectivity index (χ2v) is 4.85. The lowest BCUT2D eigenvalue weighted by molar-refractivity contribution is 0.0482. The minimum Gasteiger partial charge on any atom is -0.462 e. The van der Waals surface area contributed by atoms with Gasteiger partial charge in [-0.25, -0.2) is 4.79 Å². The van der Waals surface area contributed by atoms with Gasteiger partial charge in [0.05, 0.1) is 12.2 Å². The molecule has 0 fully saturated rings. The fraction of sp³-hybridized carbons (Fsp3) is 0.176. The van der Waals surface area contributed by atoms with E-state index < -0.39 is 5.97 Å². The van der Waals surface area contributed by atoms with Crippen LogP contribution in [0.4, 0.5) is 0 Å². The van der Waals surface area contributed by atoms with Crippen molar-refractivity contribution in [2.24, 2.45) is 0 Å². The number of carbonyl (C=O) groups excluding carboxylic acids is 2. The maximum Gasteiger partial charge on any atom is 0.338 e. The molecule has 106 valence electrons. The summed E-state index contributed by atoms with van der Waals surface area (Å²) in [4.78, 5) is 24.2. The lowest BCUT2D eigenvalue weighted by Gasteiger charge is -2.05. The molecule has 0 saturated heterocycles. The number of rotatable bonds is 4. The van der Waals surface area contributed by atoms with Gasteiger partial charge in [0, 0.05) is 24.2 Å². The zero-order valence-electron chi connectivity index (χ0n) is 11.3. The van der Waals surface area contributed by atoms with Gasteiger partial charge in [-0.05, 0) is 23.3 Å². The van der Waals surface area contributed by atoms with E-state index >= 15 is 0 Å². The van der Waals surface area contributed by atoms with Crippen molar-refractivity contribution in [3.05, 3.63) is 59.2 Å². The van der Waals surface area contributed by atoms with Crippen molar-refractivity contribution < 1.29 is 19.4 Å². The number of ether oxygens (including phenoxy) is 1. The Hall–Kier alpha value is -2.46. The van der Waals surface area contributed by atoms with Crippen molar-refractivity contribution in [1.29, 1.82) is 0 Å². The quantitative estimate of drug-likeness (QED) is 0.589. The Morgan fingerprint density at radius 3 is 2.48 bits per heavy atom. The molecule has 0 spiro atoms. The summed E-state index contributed by atoms with van der Waals surface area (Å²) in [6, 6.07) is 12.4. The molecule has 0 saturated carbocycles. The van der Waals surface area contributed by atoms with Gasteiger partial charge in [0.25, 0.3) is 0 Å². The highest BCUT2D eigenvalue weighted by Crippen LogP contribution is 2.36. The van der Waals surface area contributed by atoms with Crippen molar-refractivity contribution in [2.45, 2.75) is 6.42 Å². The maximum absolute atomic E-state index is 12.3. The molecule has 0 atom stereocenters. The summed E-state index contributed by atoms with van der Waals surface area (Å²) in [7, 11) is 0. The molecule has 21 heavy (non-hydrogen) atoms. The summed E-state index contributed by atoms with van der Waals surface area (Å²) < 4.78 is 5.03. The van der Waals surface area contributed by atoms with Crippen LogP contribution in [-0.4, -0.2) is 30.1 Å². The van der Waals surface area contributed by atoms with E-state index in [1.807, 2.05) is 18.2 Å². The first-order valence-corrected chi connectivity index (χ1v) is 6.78. The molecule has 0 unspecified atom stereocenters. The smallest absolute Gasteiger partial charge is 0.338 e. The molecule has 0 heterocycles. The first kappa shape index (κ1) is 13.5. The van der Waals surface area contributed by atoms with E-state index in [-0.39, 0.29) is 19.0 Å². The molecule has 0 aromatic heterocycles. The van der Waals surface area contributed by atoms with Crippen LogP contribution in [-0.2, 0) is 4.74 Å². The number of esters is 1. The van der Waals surface area contributed by atoms with E-state index in [0.717, 1.165) is 11.1 Å². The molecule has 1 aliphatic carbocycles. The molecular formula is C17H14O4. The van der Waals surface area contributed by atoms with Gasteiger partial charge in [-0.3, -0.25) is 4.79 Å². The molecule has 4 heteroatoms. The van der Waals surface area contributed by atoms with Crippen molar-refractivity contribution in [2.75, 3.05) is 13.2 Å². The van der Waals surface area contributed by atoms with Crippen LogP contribution in [0.25, 0.3) is 11.1 Å². The van der Waals surface area contributed by atoms with Gasteiger partial charge in [-0.2, -0.15) is 0 Å². The predicted octanol–water partition coefficient (Wildman–Crippen LogP) is 2.44. The highest BCUT2D eigenvalue weighted by Gasteiger charge is 2.27. The van der Waals surface area contributed by atoms with E-state index in [9.17, 15) is 9.59 Å². The van der Waals surface area contributed by atoms with Crippen molar-refractivity contribution in [1.82, 2.24) is 0 Å². The topological polar surface area (TPSA) is 63.6 Å². The molecule has 2 aromatic carbocycles. The summed E-state index contributed by atoms with van der Waals surface area (Å²) in [6.07, 6.45) is 0.404. The zero-order chi connectivity index (χ0) is 14.8. The highest BCUT2D eigenvalue weighted by molar-refractivity contribution is 6.22. The number of aliphatic hydroxyl groups excluding tert-OH is 1.